The zero-order valence-corrected chi connectivity index (χ0v) is 13.8. The zero-order valence-electron chi connectivity index (χ0n) is 12.1. The topological polar surface area (TPSA) is 18.5 Å². The second-order valence-electron chi connectivity index (χ2n) is 4.22. The Kier molecular flexibility index (Phi) is 18.2. The lowest BCUT2D eigenvalue weighted by Gasteiger charge is -2.04. The molecule has 18 heavy (non-hydrogen) atoms. The molecule has 0 bridgehead atoms. The van der Waals surface area contributed by atoms with Crippen LogP contribution >= 0.6 is 21.6 Å². The second-order valence-corrected chi connectivity index (χ2v) is 6.92. The molecule has 0 aliphatic rings. The summed E-state index contributed by atoms with van der Waals surface area (Å²) in [7, 11) is 3.77. The van der Waals surface area contributed by atoms with Gasteiger partial charge in [-0.15, -0.1) is 0 Å². The van der Waals surface area contributed by atoms with Crippen molar-refractivity contribution >= 4 is 21.6 Å². The minimum Gasteiger partial charge on any atom is -0.381 e. The van der Waals surface area contributed by atoms with Gasteiger partial charge in [-0.05, 0) is 13.3 Å². The standard InChI is InChI=1S/C14H30O2S2/c1-3-5-6-7-8-9-10-16-12-14-18-17-13-11-15-4-2/h3-14H2,1-2H3. The van der Waals surface area contributed by atoms with Gasteiger partial charge in [0.25, 0.3) is 0 Å². The van der Waals surface area contributed by atoms with Crippen molar-refractivity contribution in [2.24, 2.45) is 0 Å². The van der Waals surface area contributed by atoms with Crippen LogP contribution in [0.3, 0.4) is 0 Å². The summed E-state index contributed by atoms with van der Waals surface area (Å²) in [5.41, 5.74) is 0. The largest absolute Gasteiger partial charge is 0.381 e. The van der Waals surface area contributed by atoms with Crippen LogP contribution in [0.15, 0.2) is 0 Å². The van der Waals surface area contributed by atoms with Gasteiger partial charge in [-0.1, -0.05) is 60.6 Å². The minimum atomic E-state index is 0.826. The van der Waals surface area contributed by atoms with E-state index in [4.69, 9.17) is 9.47 Å². The van der Waals surface area contributed by atoms with E-state index < -0.39 is 0 Å². The molecule has 0 saturated carbocycles. The third kappa shape index (κ3) is 16.6. The Hall–Kier alpha value is 0.620. The molecule has 0 spiro atoms. The molecule has 0 atom stereocenters. The molecule has 0 aliphatic heterocycles. The molecule has 0 amide bonds. The summed E-state index contributed by atoms with van der Waals surface area (Å²) in [6.07, 6.45) is 8.04. The molecule has 0 aromatic carbocycles. The maximum atomic E-state index is 5.60. The Morgan fingerprint density at radius 3 is 1.94 bits per heavy atom. The number of rotatable bonds is 15. The lowest BCUT2D eigenvalue weighted by Crippen LogP contribution is -1.99. The van der Waals surface area contributed by atoms with E-state index in [9.17, 15) is 0 Å². The van der Waals surface area contributed by atoms with E-state index in [-0.39, 0.29) is 0 Å². The SMILES string of the molecule is CCCCCCCCOCCSSCCOCC. The molecule has 0 fully saturated rings. The van der Waals surface area contributed by atoms with E-state index in [2.05, 4.69) is 6.92 Å². The summed E-state index contributed by atoms with van der Waals surface area (Å²) in [6.45, 7) is 7.82. The van der Waals surface area contributed by atoms with Gasteiger partial charge in [0, 0.05) is 24.7 Å². The molecule has 2 nitrogen and oxygen atoms in total. The summed E-state index contributed by atoms with van der Waals surface area (Å²) < 4.78 is 10.9. The summed E-state index contributed by atoms with van der Waals surface area (Å²) >= 11 is 0. The van der Waals surface area contributed by atoms with Crippen LogP contribution in [0.2, 0.25) is 0 Å². The van der Waals surface area contributed by atoms with Crippen molar-refractivity contribution in [3.63, 3.8) is 0 Å². The van der Waals surface area contributed by atoms with Crippen LogP contribution < -0.4 is 0 Å². The van der Waals surface area contributed by atoms with Crippen LogP contribution in [-0.2, 0) is 9.47 Å². The fourth-order valence-corrected chi connectivity index (χ4v) is 3.26. The first-order valence-corrected chi connectivity index (χ1v) is 9.80. The van der Waals surface area contributed by atoms with Gasteiger partial charge >= 0.3 is 0 Å². The number of hydrogen-bond donors (Lipinski definition) is 0. The fourth-order valence-electron chi connectivity index (χ4n) is 1.53. The fraction of sp³-hybridized carbons (Fsp3) is 1.00. The van der Waals surface area contributed by atoms with Crippen molar-refractivity contribution in [3.05, 3.63) is 0 Å². The van der Waals surface area contributed by atoms with Crippen molar-refractivity contribution in [1.82, 2.24) is 0 Å². The van der Waals surface area contributed by atoms with E-state index in [0.29, 0.717) is 0 Å². The van der Waals surface area contributed by atoms with Crippen LogP contribution in [0.1, 0.15) is 52.4 Å². The summed E-state index contributed by atoms with van der Waals surface area (Å²) in [5.74, 6) is 2.17. The lowest BCUT2D eigenvalue weighted by molar-refractivity contribution is 0.145. The van der Waals surface area contributed by atoms with Gasteiger partial charge in [-0.3, -0.25) is 0 Å². The molecule has 0 aromatic heterocycles. The molecule has 0 N–H and O–H groups in total. The van der Waals surface area contributed by atoms with E-state index in [1.54, 1.807) is 0 Å². The highest BCUT2D eigenvalue weighted by Gasteiger charge is 1.93. The Morgan fingerprint density at radius 2 is 1.28 bits per heavy atom. The van der Waals surface area contributed by atoms with Gasteiger partial charge in [-0.2, -0.15) is 0 Å². The molecule has 110 valence electrons. The van der Waals surface area contributed by atoms with Gasteiger partial charge in [0.1, 0.15) is 0 Å². The normalized spacial score (nSPS) is 11.0. The predicted molar refractivity (Wildman–Crippen MR) is 85.6 cm³/mol. The van der Waals surface area contributed by atoms with Gasteiger partial charge in [0.15, 0.2) is 0 Å². The lowest BCUT2D eigenvalue weighted by atomic mass is 10.1. The molecular formula is C14H30O2S2. The van der Waals surface area contributed by atoms with Crippen molar-refractivity contribution < 1.29 is 9.47 Å². The number of hydrogen-bond acceptors (Lipinski definition) is 4. The summed E-state index contributed by atoms with van der Waals surface area (Å²) in [6, 6.07) is 0. The van der Waals surface area contributed by atoms with Crippen molar-refractivity contribution in [1.29, 1.82) is 0 Å². The molecular weight excluding hydrogens is 264 g/mol. The second kappa shape index (κ2) is 17.6. The van der Waals surface area contributed by atoms with Crippen LogP contribution in [-0.4, -0.2) is 37.9 Å². The molecule has 0 aromatic rings. The molecule has 0 heterocycles. The van der Waals surface area contributed by atoms with E-state index in [1.165, 1.54) is 38.5 Å². The maximum absolute atomic E-state index is 5.60. The highest BCUT2D eigenvalue weighted by atomic mass is 33.1. The Morgan fingerprint density at radius 1 is 0.667 bits per heavy atom. The third-order valence-corrected chi connectivity index (χ3v) is 4.89. The summed E-state index contributed by atoms with van der Waals surface area (Å²) in [4.78, 5) is 0. The van der Waals surface area contributed by atoms with Crippen molar-refractivity contribution in [2.75, 3.05) is 37.9 Å². The average Bonchev–Trinajstić information content (AvgIpc) is 2.39. The van der Waals surface area contributed by atoms with Crippen molar-refractivity contribution in [3.8, 4) is 0 Å². The van der Waals surface area contributed by atoms with Crippen LogP contribution in [0.5, 0.6) is 0 Å². The average molecular weight is 295 g/mol. The molecule has 0 rings (SSSR count). The number of unbranched alkanes of at least 4 members (excludes halogenated alkanes) is 5. The highest BCUT2D eigenvalue weighted by molar-refractivity contribution is 8.76. The molecule has 0 aliphatic carbocycles. The van der Waals surface area contributed by atoms with Gasteiger partial charge in [-0.25, -0.2) is 0 Å². The van der Waals surface area contributed by atoms with Crippen LogP contribution in [0, 0.1) is 0 Å². The predicted octanol–water partition coefficient (Wildman–Crippen LogP) is 4.78. The van der Waals surface area contributed by atoms with Crippen molar-refractivity contribution in [2.45, 2.75) is 52.4 Å². The molecule has 4 heteroatoms. The van der Waals surface area contributed by atoms with Crippen LogP contribution in [0.25, 0.3) is 0 Å². The highest BCUT2D eigenvalue weighted by Crippen LogP contribution is 2.20. The minimum absolute atomic E-state index is 0.826. The van der Waals surface area contributed by atoms with Gasteiger partial charge in [0.05, 0.1) is 13.2 Å². The van der Waals surface area contributed by atoms with Crippen LogP contribution in [0.4, 0.5) is 0 Å². The molecule has 0 unspecified atom stereocenters. The first-order chi connectivity index (χ1) is 8.91. The quantitative estimate of drug-likeness (QED) is 0.319. The Bertz CT molecular complexity index is 130. The molecule has 0 saturated heterocycles. The third-order valence-electron chi connectivity index (χ3n) is 2.55. The Labute approximate surface area is 121 Å². The smallest absolute Gasteiger partial charge is 0.0565 e. The van der Waals surface area contributed by atoms with Gasteiger partial charge in [0.2, 0.25) is 0 Å². The first-order valence-electron chi connectivity index (χ1n) is 7.31. The van der Waals surface area contributed by atoms with Gasteiger partial charge < -0.3 is 9.47 Å². The maximum Gasteiger partial charge on any atom is 0.0565 e. The summed E-state index contributed by atoms with van der Waals surface area (Å²) in [5, 5.41) is 0. The van der Waals surface area contributed by atoms with E-state index in [0.717, 1.165) is 37.9 Å². The monoisotopic (exact) mass is 294 g/mol. The van der Waals surface area contributed by atoms with E-state index >= 15 is 0 Å². The molecule has 0 radical (unpaired) electrons. The zero-order chi connectivity index (χ0) is 13.3. The number of ether oxygens (including phenoxy) is 2. The van der Waals surface area contributed by atoms with E-state index in [1.807, 2.05) is 28.5 Å². The Balaban J connectivity index is 2.86. The first kappa shape index (κ1) is 18.6.